The van der Waals surface area contributed by atoms with Crippen LogP contribution in [-0.2, 0) is 0 Å². The van der Waals surface area contributed by atoms with Gasteiger partial charge in [0.05, 0.1) is 22.6 Å². The molecule has 0 aliphatic carbocycles. The highest BCUT2D eigenvalue weighted by atomic mass is 32.2. The molecule has 362 valence electrons. The average Bonchev–Trinajstić information content (AvgIpc) is 4.19. The molecule has 0 fully saturated rings. The zero-order valence-corrected chi connectivity index (χ0v) is 42.0. The monoisotopic (exact) mass is 1010 g/mol. The molecule has 11 rings (SSSR count). The van der Waals surface area contributed by atoms with E-state index in [0.717, 1.165) is 49.8 Å². The normalized spacial score (nSPS) is 11.2. The van der Waals surface area contributed by atoms with Crippen molar-refractivity contribution in [2.45, 2.75) is 22.4 Å². The van der Waals surface area contributed by atoms with Gasteiger partial charge in [0, 0.05) is 89.2 Å². The van der Waals surface area contributed by atoms with Crippen LogP contribution in [0.5, 0.6) is 0 Å². The molecule has 3 aromatic carbocycles. The van der Waals surface area contributed by atoms with Crippen LogP contribution in [0.4, 0.5) is 23.0 Å². The van der Waals surface area contributed by atoms with Gasteiger partial charge in [0.1, 0.15) is 34.3 Å². The summed E-state index contributed by atoms with van der Waals surface area (Å²) >= 11 is 4.29. The summed E-state index contributed by atoms with van der Waals surface area (Å²) in [5.41, 5.74) is 13.2. The van der Waals surface area contributed by atoms with Gasteiger partial charge in [-0.05, 0) is 92.4 Å². The first-order valence-electron chi connectivity index (χ1n) is 22.0. The summed E-state index contributed by atoms with van der Waals surface area (Å²) < 4.78 is 1.85. The number of nitrogens with two attached hydrogens (primary N) is 1. The minimum Gasteiger partial charge on any atom is -0.383 e. The minimum absolute atomic E-state index is 0.209. The second kappa shape index (κ2) is 21.3. The molecule has 0 radical (unpaired) electrons. The van der Waals surface area contributed by atoms with Gasteiger partial charge < -0.3 is 41.2 Å². The number of hydrogen-bond acceptors (Lipinski definition) is 16. The highest BCUT2D eigenvalue weighted by Gasteiger charge is 2.19. The van der Waals surface area contributed by atoms with E-state index in [1.165, 1.54) is 41.6 Å². The van der Waals surface area contributed by atoms with Crippen LogP contribution in [0.15, 0.2) is 141 Å². The molecular weight excluding hydrogens is 969 g/mol. The number of nitrogens with zero attached hydrogens (tertiary/aromatic N) is 9. The number of primary amides is 1. The van der Waals surface area contributed by atoms with E-state index in [1.54, 1.807) is 19.2 Å². The van der Waals surface area contributed by atoms with E-state index in [9.17, 15) is 14.4 Å². The number of benzene rings is 3. The summed E-state index contributed by atoms with van der Waals surface area (Å²) in [6.07, 6.45) is 18.1. The Morgan fingerprint density at radius 1 is 0.653 bits per heavy atom. The molecule has 0 aliphatic heterocycles. The lowest BCUT2D eigenvalue weighted by molar-refractivity contribution is 0.0999. The molecule has 19 nitrogen and oxygen atoms in total. The van der Waals surface area contributed by atoms with Gasteiger partial charge in [0.2, 0.25) is 0 Å². The molecule has 8 aromatic heterocycles. The molecule has 0 saturated carbocycles. The quantitative estimate of drug-likeness (QED) is 0.0471. The topological polar surface area (TPSA) is 263 Å². The Kier molecular flexibility index (Phi) is 14.3. The number of carbonyl (C=O) groups is 1. The first-order valence-corrected chi connectivity index (χ1v) is 25.7. The highest BCUT2D eigenvalue weighted by molar-refractivity contribution is 7.98. The molecule has 0 unspecified atom stereocenters. The Bertz CT molecular complexity index is 3950. The van der Waals surface area contributed by atoms with Gasteiger partial charge in [-0.2, -0.15) is 4.98 Å². The fraction of sp³-hybridized carbons (Fsp3) is 0.120. The van der Waals surface area contributed by atoms with E-state index in [1.807, 2.05) is 146 Å². The van der Waals surface area contributed by atoms with E-state index >= 15 is 0 Å². The lowest BCUT2D eigenvalue weighted by Crippen LogP contribution is -2.17. The molecule has 0 spiro atoms. The zero-order valence-electron chi connectivity index (χ0n) is 39.6. The number of pyridine rings is 1. The van der Waals surface area contributed by atoms with Gasteiger partial charge in [-0.3, -0.25) is 19.0 Å². The second-order valence-corrected chi connectivity index (χ2v) is 18.3. The summed E-state index contributed by atoms with van der Waals surface area (Å²) in [5.74, 6) is 0.391. The van der Waals surface area contributed by atoms with Crippen LogP contribution in [0, 0.1) is 6.92 Å². The number of anilines is 4. The molecule has 8 N–H and O–H groups in total. The lowest BCUT2D eigenvalue weighted by Gasteiger charge is -2.13. The Hall–Kier alpha value is -8.47. The van der Waals surface area contributed by atoms with Crippen molar-refractivity contribution in [1.82, 2.24) is 64.3 Å². The Morgan fingerprint density at radius 2 is 1.21 bits per heavy atom. The summed E-state index contributed by atoms with van der Waals surface area (Å²) in [5, 5.41) is 12.2. The number of H-pyrrole nitrogens is 4. The van der Waals surface area contributed by atoms with Crippen molar-refractivity contribution in [1.29, 1.82) is 0 Å². The number of fused-ring (bicyclic) bond motifs is 5. The highest BCUT2D eigenvalue weighted by Crippen LogP contribution is 2.31. The molecule has 0 atom stereocenters. The van der Waals surface area contributed by atoms with Crippen molar-refractivity contribution in [3.63, 3.8) is 0 Å². The van der Waals surface area contributed by atoms with Crippen molar-refractivity contribution in [2.24, 2.45) is 5.73 Å². The number of nitrogens with one attached hydrogen (secondary N) is 6. The maximum Gasteiger partial charge on any atom is 0.284 e. The van der Waals surface area contributed by atoms with E-state index < -0.39 is 5.91 Å². The maximum absolute atomic E-state index is 12.6. The summed E-state index contributed by atoms with van der Waals surface area (Å²) in [6, 6.07) is 25.4. The average molecular weight is 1020 g/mol. The molecule has 72 heavy (non-hydrogen) atoms. The number of aromatic nitrogens is 12. The SMILES string of the molecule is CSc1nc(/C=C/N(C)C)c2c(=O)ncn(-c3cccc4[nH]ccc34)c2n1.CSc1nc(C)c(C(N)=O)c(Nc2cccc3[nH]ccc23)n1.CSc1nc(Nc2cccc3[nH]ccc23)c2c(=O)[nH]ccc2n1. The van der Waals surface area contributed by atoms with Crippen molar-refractivity contribution in [2.75, 3.05) is 43.5 Å². The molecular formula is C50H46N16O3S3. The predicted molar refractivity (Wildman–Crippen MR) is 291 cm³/mol. The van der Waals surface area contributed by atoms with Crippen molar-refractivity contribution in [3.8, 4) is 5.69 Å². The smallest absolute Gasteiger partial charge is 0.284 e. The van der Waals surface area contributed by atoms with Crippen molar-refractivity contribution < 1.29 is 4.79 Å². The van der Waals surface area contributed by atoms with Gasteiger partial charge in [0.25, 0.3) is 17.0 Å². The first kappa shape index (κ1) is 48.5. The number of amides is 1. The summed E-state index contributed by atoms with van der Waals surface area (Å²) in [7, 11) is 3.83. The third kappa shape index (κ3) is 10.1. The first-order chi connectivity index (χ1) is 34.9. The maximum atomic E-state index is 12.6. The Labute approximate surface area is 423 Å². The fourth-order valence-electron chi connectivity index (χ4n) is 7.86. The van der Waals surface area contributed by atoms with Crippen LogP contribution in [0.2, 0.25) is 0 Å². The van der Waals surface area contributed by atoms with Crippen LogP contribution in [0.3, 0.4) is 0 Å². The fourth-order valence-corrected chi connectivity index (χ4v) is 9.01. The number of aryl methyl sites for hydroxylation is 1. The van der Waals surface area contributed by atoms with Crippen LogP contribution in [0.25, 0.3) is 66.4 Å². The van der Waals surface area contributed by atoms with E-state index in [2.05, 4.69) is 65.5 Å². The molecule has 1 amide bonds. The van der Waals surface area contributed by atoms with Crippen LogP contribution in [-0.4, -0.2) is 103 Å². The number of thioether (sulfide) groups is 3. The lowest BCUT2D eigenvalue weighted by atomic mass is 10.2. The second-order valence-electron chi connectivity index (χ2n) is 16.0. The number of hydrogen-bond donors (Lipinski definition) is 7. The third-order valence-electron chi connectivity index (χ3n) is 11.2. The molecule has 8 heterocycles. The van der Waals surface area contributed by atoms with E-state index in [0.29, 0.717) is 66.0 Å². The standard InChI is InChI=1S/C19H18N6OS.C16H13N5OS.C15H15N5OS/c1-24(2)10-8-14-16-17(23-19(22-14)27-3)25(11-21-18(16)26)15-6-4-5-13-12(15)7-9-20-13;1-23-16-20-12-6-8-18-15(22)13(12)14(21-16)19-11-4-2-3-10-9(11)5-7-17-10;1-8-12(13(16)21)14(20-15(18-8)22-2)19-11-5-3-4-10-9(11)6-7-17-10/h4-11,20H,1-3H3;2-8,17H,1H3,(H,18,22)(H,19,20,21);3-7,17H,1-2H3,(H2,16,21)(H,18,19,20)/b10-8+;;. The molecule has 22 heteroatoms. The van der Waals surface area contributed by atoms with Crippen LogP contribution in [0.1, 0.15) is 21.7 Å². The third-order valence-corrected chi connectivity index (χ3v) is 12.8. The van der Waals surface area contributed by atoms with Gasteiger partial charge in [-0.25, -0.2) is 29.9 Å². The van der Waals surface area contributed by atoms with Gasteiger partial charge >= 0.3 is 0 Å². The van der Waals surface area contributed by atoms with E-state index in [-0.39, 0.29) is 11.1 Å². The molecule has 0 saturated heterocycles. The van der Waals surface area contributed by atoms with Crippen molar-refractivity contribution >= 4 is 125 Å². The van der Waals surface area contributed by atoms with Gasteiger partial charge in [0.15, 0.2) is 21.1 Å². The number of aromatic amines is 4. The largest absolute Gasteiger partial charge is 0.383 e. The number of rotatable bonds is 11. The molecule has 11 aromatic rings. The van der Waals surface area contributed by atoms with E-state index in [4.69, 9.17) is 5.73 Å². The predicted octanol–water partition coefficient (Wildman–Crippen LogP) is 9.01. The van der Waals surface area contributed by atoms with Crippen molar-refractivity contribution in [3.05, 3.63) is 154 Å². The van der Waals surface area contributed by atoms with Gasteiger partial charge in [-0.15, -0.1) is 0 Å². The molecule has 0 aliphatic rings. The minimum atomic E-state index is -0.547. The summed E-state index contributed by atoms with van der Waals surface area (Å²) in [6.45, 7) is 1.75. The zero-order chi connectivity index (χ0) is 50.5. The van der Waals surface area contributed by atoms with Crippen LogP contribution >= 0.6 is 35.3 Å². The Balaban J connectivity index is 0.000000134. The Morgan fingerprint density at radius 3 is 1.83 bits per heavy atom. The summed E-state index contributed by atoms with van der Waals surface area (Å²) in [4.78, 5) is 81.4. The van der Waals surface area contributed by atoms with Crippen LogP contribution < -0.4 is 27.5 Å². The number of carbonyl (C=O) groups excluding carboxylic acids is 1. The molecule has 0 bridgehead atoms. The van der Waals surface area contributed by atoms with Gasteiger partial charge in [-0.1, -0.05) is 53.5 Å².